The van der Waals surface area contributed by atoms with Crippen LogP contribution in [0, 0.1) is 6.92 Å². The maximum atomic E-state index is 12.9. The van der Waals surface area contributed by atoms with Gasteiger partial charge in [-0.25, -0.2) is 9.97 Å². The van der Waals surface area contributed by atoms with E-state index in [1.807, 2.05) is 31.1 Å². The first-order chi connectivity index (χ1) is 11.2. The van der Waals surface area contributed by atoms with Gasteiger partial charge in [0.2, 0.25) is 0 Å². The monoisotopic (exact) mass is 316 g/mol. The molecule has 3 heterocycles. The second kappa shape index (κ2) is 6.98. The highest BCUT2D eigenvalue weighted by atomic mass is 16.3. The first-order valence-corrected chi connectivity index (χ1v) is 8.41. The first-order valence-electron chi connectivity index (χ1n) is 8.41. The van der Waals surface area contributed by atoms with Crippen LogP contribution < -0.4 is 0 Å². The van der Waals surface area contributed by atoms with Crippen LogP contribution >= 0.6 is 0 Å². The lowest BCUT2D eigenvalue weighted by molar-refractivity contribution is 0.0587. The van der Waals surface area contributed by atoms with E-state index < -0.39 is 0 Å². The van der Waals surface area contributed by atoms with E-state index >= 15 is 0 Å². The van der Waals surface area contributed by atoms with Crippen LogP contribution in [-0.4, -0.2) is 37.9 Å². The van der Waals surface area contributed by atoms with Gasteiger partial charge in [-0.1, -0.05) is 6.92 Å². The lowest BCUT2D eigenvalue weighted by atomic mass is 9.98. The average molecular weight is 316 g/mol. The van der Waals surface area contributed by atoms with Crippen molar-refractivity contribution in [1.82, 2.24) is 19.4 Å². The summed E-state index contributed by atoms with van der Waals surface area (Å²) in [4.78, 5) is 23.3. The van der Waals surface area contributed by atoms with Crippen molar-refractivity contribution >= 4 is 5.91 Å². The third-order valence-corrected chi connectivity index (χ3v) is 4.68. The van der Waals surface area contributed by atoms with Crippen molar-refractivity contribution in [3.63, 3.8) is 0 Å². The zero-order valence-corrected chi connectivity index (χ0v) is 13.9. The van der Waals surface area contributed by atoms with Gasteiger partial charge in [0.05, 0.1) is 0 Å². The predicted octanol–water partition coefficient (Wildman–Crippen LogP) is 2.83. The highest BCUT2D eigenvalue weighted by Gasteiger charge is 2.30. The number of rotatable bonds is 5. The van der Waals surface area contributed by atoms with Crippen LogP contribution in [-0.2, 0) is 13.0 Å². The molecule has 0 N–H and O–H groups in total. The standard InChI is InChI=1S/C17H24N4O2/c1-3-15-16(19-12-23-15)17(22)21-9-5-4-6-14(21)7-10-20-11-8-18-13(20)2/h8,11-12,14H,3-7,9-10H2,1-2H3. The number of amides is 1. The minimum absolute atomic E-state index is 0.0163. The number of nitrogens with zero attached hydrogens (tertiary/aromatic N) is 4. The van der Waals surface area contributed by atoms with Crippen LogP contribution in [0.25, 0.3) is 0 Å². The number of hydrogen-bond donors (Lipinski definition) is 0. The summed E-state index contributed by atoms with van der Waals surface area (Å²) in [5.74, 6) is 1.72. The number of piperidine rings is 1. The zero-order valence-electron chi connectivity index (χ0n) is 13.9. The molecule has 1 aliphatic heterocycles. The largest absolute Gasteiger partial charge is 0.448 e. The van der Waals surface area contributed by atoms with E-state index in [4.69, 9.17) is 4.42 Å². The van der Waals surface area contributed by atoms with E-state index in [0.717, 1.165) is 38.2 Å². The Balaban J connectivity index is 1.71. The van der Waals surface area contributed by atoms with Crippen LogP contribution in [0.2, 0.25) is 0 Å². The lowest BCUT2D eigenvalue weighted by Gasteiger charge is -2.35. The SMILES string of the molecule is CCc1ocnc1C(=O)N1CCCCC1CCn1ccnc1C. The van der Waals surface area contributed by atoms with Crippen molar-refractivity contribution in [1.29, 1.82) is 0 Å². The number of likely N-dealkylation sites (tertiary alicyclic amines) is 1. The molecule has 0 aliphatic carbocycles. The van der Waals surface area contributed by atoms with E-state index in [2.05, 4.69) is 14.5 Å². The van der Waals surface area contributed by atoms with Crippen molar-refractivity contribution < 1.29 is 9.21 Å². The molecule has 1 fully saturated rings. The van der Waals surface area contributed by atoms with Crippen molar-refractivity contribution in [2.45, 2.75) is 58.5 Å². The molecule has 3 rings (SSSR count). The predicted molar refractivity (Wildman–Crippen MR) is 86.1 cm³/mol. The third-order valence-electron chi connectivity index (χ3n) is 4.68. The summed E-state index contributed by atoms with van der Waals surface area (Å²) in [5.41, 5.74) is 0.484. The third kappa shape index (κ3) is 3.30. The Labute approximate surface area is 136 Å². The number of oxazole rings is 1. The minimum Gasteiger partial charge on any atom is -0.448 e. The van der Waals surface area contributed by atoms with Crippen LogP contribution in [0.1, 0.15) is 54.7 Å². The van der Waals surface area contributed by atoms with Gasteiger partial charge in [-0.05, 0) is 32.6 Å². The smallest absolute Gasteiger partial charge is 0.276 e. The van der Waals surface area contributed by atoms with Gasteiger partial charge < -0.3 is 13.9 Å². The Hall–Kier alpha value is -2.11. The Kier molecular flexibility index (Phi) is 4.79. The second-order valence-corrected chi connectivity index (χ2v) is 6.08. The van der Waals surface area contributed by atoms with E-state index in [1.54, 1.807) is 0 Å². The van der Waals surface area contributed by atoms with Gasteiger partial charge in [-0.3, -0.25) is 4.79 Å². The molecule has 0 spiro atoms. The van der Waals surface area contributed by atoms with Crippen LogP contribution in [0.15, 0.2) is 23.2 Å². The highest BCUT2D eigenvalue weighted by Crippen LogP contribution is 2.23. The number of carbonyl (C=O) groups is 1. The molecule has 0 radical (unpaired) electrons. The average Bonchev–Trinajstić information content (AvgIpc) is 3.21. The number of hydrogen-bond acceptors (Lipinski definition) is 4. The summed E-state index contributed by atoms with van der Waals surface area (Å²) in [5, 5.41) is 0. The summed E-state index contributed by atoms with van der Waals surface area (Å²) in [7, 11) is 0. The zero-order chi connectivity index (χ0) is 16.2. The molecule has 2 aromatic heterocycles. The van der Waals surface area contributed by atoms with Crippen molar-refractivity contribution in [3.05, 3.63) is 36.1 Å². The molecule has 1 aliphatic rings. The molecule has 124 valence electrons. The molecule has 23 heavy (non-hydrogen) atoms. The van der Waals surface area contributed by atoms with Crippen LogP contribution in [0.3, 0.4) is 0 Å². The van der Waals surface area contributed by atoms with E-state index in [0.29, 0.717) is 17.9 Å². The van der Waals surface area contributed by atoms with Crippen molar-refractivity contribution in [3.8, 4) is 0 Å². The summed E-state index contributed by atoms with van der Waals surface area (Å²) in [6, 6.07) is 0.263. The summed E-state index contributed by atoms with van der Waals surface area (Å²) >= 11 is 0. The van der Waals surface area contributed by atoms with Gasteiger partial charge in [-0.2, -0.15) is 0 Å². The molecule has 6 heteroatoms. The minimum atomic E-state index is 0.0163. The van der Waals surface area contributed by atoms with Crippen molar-refractivity contribution in [2.75, 3.05) is 6.54 Å². The van der Waals surface area contributed by atoms with Gasteiger partial charge in [-0.15, -0.1) is 0 Å². The fraction of sp³-hybridized carbons (Fsp3) is 0.588. The summed E-state index contributed by atoms with van der Waals surface area (Å²) in [6.45, 7) is 5.68. The normalized spacial score (nSPS) is 18.3. The van der Waals surface area contributed by atoms with Gasteiger partial charge in [0.15, 0.2) is 12.1 Å². The quantitative estimate of drug-likeness (QED) is 0.851. The molecule has 1 amide bonds. The Bertz CT molecular complexity index is 661. The van der Waals surface area contributed by atoms with Gasteiger partial charge >= 0.3 is 0 Å². The van der Waals surface area contributed by atoms with E-state index in [9.17, 15) is 4.79 Å². The first kappa shape index (κ1) is 15.8. The maximum Gasteiger partial charge on any atom is 0.276 e. The molecule has 2 aromatic rings. The molecular weight excluding hydrogens is 292 g/mol. The van der Waals surface area contributed by atoms with E-state index in [-0.39, 0.29) is 11.9 Å². The second-order valence-electron chi connectivity index (χ2n) is 6.08. The van der Waals surface area contributed by atoms with Gasteiger partial charge in [0, 0.05) is 37.9 Å². The highest BCUT2D eigenvalue weighted by molar-refractivity contribution is 5.93. The molecule has 0 bridgehead atoms. The van der Waals surface area contributed by atoms with Crippen molar-refractivity contribution in [2.24, 2.45) is 0 Å². The molecule has 6 nitrogen and oxygen atoms in total. The Morgan fingerprint density at radius 2 is 2.26 bits per heavy atom. The Morgan fingerprint density at radius 1 is 1.39 bits per heavy atom. The van der Waals surface area contributed by atoms with Gasteiger partial charge in [0.25, 0.3) is 5.91 Å². The number of aryl methyl sites for hydroxylation is 3. The van der Waals surface area contributed by atoms with Crippen LogP contribution in [0.4, 0.5) is 0 Å². The fourth-order valence-electron chi connectivity index (χ4n) is 3.33. The lowest BCUT2D eigenvalue weighted by Crippen LogP contribution is -2.44. The number of imidazole rings is 1. The van der Waals surface area contributed by atoms with Gasteiger partial charge in [0.1, 0.15) is 11.6 Å². The molecule has 0 saturated carbocycles. The molecule has 0 aromatic carbocycles. The topological polar surface area (TPSA) is 64.2 Å². The molecule has 1 unspecified atom stereocenters. The molecule has 1 saturated heterocycles. The number of carbonyl (C=O) groups excluding carboxylic acids is 1. The maximum absolute atomic E-state index is 12.9. The van der Waals surface area contributed by atoms with E-state index in [1.165, 1.54) is 12.8 Å². The molecular formula is C17H24N4O2. The summed E-state index contributed by atoms with van der Waals surface area (Å²) in [6.07, 6.45) is 10.1. The number of aromatic nitrogens is 3. The van der Waals surface area contributed by atoms with Crippen LogP contribution in [0.5, 0.6) is 0 Å². The molecule has 1 atom stereocenters. The fourth-order valence-corrected chi connectivity index (χ4v) is 3.33. The summed E-state index contributed by atoms with van der Waals surface area (Å²) < 4.78 is 7.47. The Morgan fingerprint density at radius 3 is 3.00 bits per heavy atom.